The average Bonchev–Trinajstić information content (AvgIpc) is 3.22. The second-order valence-electron chi connectivity index (χ2n) is 8.52. The van der Waals surface area contributed by atoms with Gasteiger partial charge in [0.2, 0.25) is 0 Å². The highest BCUT2D eigenvalue weighted by Crippen LogP contribution is 2.46. The summed E-state index contributed by atoms with van der Waals surface area (Å²) in [5.74, 6) is 0. The SMILES string of the molecule is CC1=C(c2c(C)cccc2C)c2c(n(S(=O)(=O)c3ccc(C)cc3)c3ccccc23)C1. The van der Waals surface area contributed by atoms with Gasteiger partial charge in [0.05, 0.1) is 10.4 Å². The summed E-state index contributed by atoms with van der Waals surface area (Å²) in [6.07, 6.45) is 0.623. The number of rotatable bonds is 3. The summed E-state index contributed by atoms with van der Waals surface area (Å²) in [4.78, 5) is 0.319. The largest absolute Gasteiger partial charge is 0.268 e. The molecular formula is C27H25NO2S. The van der Waals surface area contributed by atoms with Crippen LogP contribution >= 0.6 is 0 Å². The van der Waals surface area contributed by atoms with Gasteiger partial charge in [0, 0.05) is 23.1 Å². The molecule has 0 fully saturated rings. The molecule has 0 atom stereocenters. The maximum Gasteiger partial charge on any atom is 0.268 e. The number of aromatic nitrogens is 1. The standard InChI is InChI=1S/C27H25NO2S/c1-17-12-14-21(15-13-17)31(29,30)28-23-11-6-5-10-22(23)27-24(28)16-20(4)26(27)25-18(2)8-7-9-19(25)3/h5-15H,16H2,1-4H3. The number of benzene rings is 3. The third-order valence-corrected chi connectivity index (χ3v) is 8.09. The predicted molar refractivity (Wildman–Crippen MR) is 127 cm³/mol. The lowest BCUT2D eigenvalue weighted by Crippen LogP contribution is -2.15. The lowest BCUT2D eigenvalue weighted by Gasteiger charge is -2.13. The molecule has 4 aromatic rings. The highest BCUT2D eigenvalue weighted by atomic mass is 32.2. The van der Waals surface area contributed by atoms with E-state index in [1.165, 1.54) is 27.8 Å². The highest BCUT2D eigenvalue weighted by molar-refractivity contribution is 7.90. The van der Waals surface area contributed by atoms with Gasteiger partial charge < -0.3 is 0 Å². The number of hydrogen-bond donors (Lipinski definition) is 0. The van der Waals surface area contributed by atoms with Crippen LogP contribution in [-0.4, -0.2) is 12.4 Å². The van der Waals surface area contributed by atoms with Gasteiger partial charge in [-0.15, -0.1) is 0 Å². The van der Waals surface area contributed by atoms with Crippen molar-refractivity contribution in [3.8, 4) is 0 Å². The van der Waals surface area contributed by atoms with E-state index in [1.54, 1.807) is 16.1 Å². The molecule has 0 radical (unpaired) electrons. The van der Waals surface area contributed by atoms with Crippen molar-refractivity contribution < 1.29 is 8.42 Å². The maximum atomic E-state index is 13.8. The molecule has 1 aromatic heterocycles. The third kappa shape index (κ3) is 2.89. The number of hydrogen-bond acceptors (Lipinski definition) is 2. The summed E-state index contributed by atoms with van der Waals surface area (Å²) in [6, 6.07) is 21.3. The van der Waals surface area contributed by atoms with Crippen molar-refractivity contribution in [3.63, 3.8) is 0 Å². The van der Waals surface area contributed by atoms with Gasteiger partial charge in [0.15, 0.2) is 0 Å². The summed E-state index contributed by atoms with van der Waals surface area (Å²) in [7, 11) is -3.72. The van der Waals surface area contributed by atoms with Gasteiger partial charge in [0.1, 0.15) is 0 Å². The van der Waals surface area contributed by atoms with Gasteiger partial charge in [-0.1, -0.05) is 59.7 Å². The van der Waals surface area contributed by atoms with Crippen LogP contribution in [-0.2, 0) is 16.4 Å². The smallest absolute Gasteiger partial charge is 0.237 e. The number of aryl methyl sites for hydroxylation is 3. The Kier molecular flexibility index (Phi) is 4.45. The molecule has 0 bridgehead atoms. The molecule has 0 amide bonds. The van der Waals surface area contributed by atoms with Gasteiger partial charge in [-0.2, -0.15) is 0 Å². The number of allylic oxidation sites excluding steroid dienone is 1. The molecule has 1 aliphatic carbocycles. The van der Waals surface area contributed by atoms with E-state index in [-0.39, 0.29) is 0 Å². The minimum absolute atomic E-state index is 0.319. The lowest BCUT2D eigenvalue weighted by atomic mass is 9.90. The Balaban J connectivity index is 1.84. The molecule has 31 heavy (non-hydrogen) atoms. The molecule has 1 heterocycles. The van der Waals surface area contributed by atoms with Crippen molar-refractivity contribution in [2.24, 2.45) is 0 Å². The summed E-state index contributed by atoms with van der Waals surface area (Å²) < 4.78 is 29.2. The van der Waals surface area contributed by atoms with E-state index >= 15 is 0 Å². The molecule has 3 nitrogen and oxygen atoms in total. The molecule has 156 valence electrons. The van der Waals surface area contributed by atoms with Crippen LogP contribution < -0.4 is 0 Å². The van der Waals surface area contributed by atoms with Crippen LogP contribution in [0, 0.1) is 20.8 Å². The van der Waals surface area contributed by atoms with Gasteiger partial charge in [-0.3, -0.25) is 0 Å². The van der Waals surface area contributed by atoms with Crippen molar-refractivity contribution in [2.75, 3.05) is 0 Å². The molecule has 5 rings (SSSR count). The average molecular weight is 428 g/mol. The van der Waals surface area contributed by atoms with Gasteiger partial charge >= 0.3 is 0 Å². The predicted octanol–water partition coefficient (Wildman–Crippen LogP) is 6.18. The van der Waals surface area contributed by atoms with E-state index in [0.29, 0.717) is 11.3 Å². The van der Waals surface area contributed by atoms with E-state index in [9.17, 15) is 8.42 Å². The Morgan fingerprint density at radius 1 is 0.742 bits per heavy atom. The first-order valence-corrected chi connectivity index (χ1v) is 12.0. The molecule has 3 aromatic carbocycles. The Hall–Kier alpha value is -3.11. The molecule has 0 saturated heterocycles. The zero-order valence-electron chi connectivity index (χ0n) is 18.2. The van der Waals surface area contributed by atoms with E-state index in [2.05, 4.69) is 39.0 Å². The van der Waals surface area contributed by atoms with Crippen molar-refractivity contribution >= 4 is 26.5 Å². The van der Waals surface area contributed by atoms with Crippen LogP contribution in [0.5, 0.6) is 0 Å². The minimum Gasteiger partial charge on any atom is -0.237 e. The van der Waals surface area contributed by atoms with Crippen molar-refractivity contribution in [2.45, 2.75) is 39.0 Å². The zero-order chi connectivity index (χ0) is 21.9. The molecule has 0 unspecified atom stereocenters. The van der Waals surface area contributed by atoms with Crippen molar-refractivity contribution in [1.82, 2.24) is 3.97 Å². The van der Waals surface area contributed by atoms with Gasteiger partial charge in [0.25, 0.3) is 10.0 Å². The Morgan fingerprint density at radius 2 is 1.39 bits per heavy atom. The zero-order valence-corrected chi connectivity index (χ0v) is 19.0. The Bertz CT molecular complexity index is 1470. The second-order valence-corrected chi connectivity index (χ2v) is 10.3. The summed E-state index contributed by atoms with van der Waals surface area (Å²) in [6.45, 7) is 8.34. The summed E-state index contributed by atoms with van der Waals surface area (Å²) >= 11 is 0. The van der Waals surface area contributed by atoms with Crippen molar-refractivity contribution in [3.05, 3.63) is 106 Å². The van der Waals surface area contributed by atoms with Gasteiger partial charge in [-0.25, -0.2) is 12.4 Å². The molecule has 4 heteroatoms. The van der Waals surface area contributed by atoms with Crippen LogP contribution in [0.1, 0.15) is 40.4 Å². The monoisotopic (exact) mass is 427 g/mol. The van der Waals surface area contributed by atoms with Crippen molar-refractivity contribution in [1.29, 1.82) is 0 Å². The molecule has 0 spiro atoms. The number of nitrogens with zero attached hydrogens (tertiary/aromatic N) is 1. The van der Waals surface area contributed by atoms with Crippen LogP contribution in [0.15, 0.2) is 77.2 Å². The Morgan fingerprint density at radius 3 is 2.06 bits per heavy atom. The first kappa shape index (κ1) is 19.8. The minimum atomic E-state index is -3.72. The highest BCUT2D eigenvalue weighted by Gasteiger charge is 2.33. The molecule has 0 aliphatic heterocycles. The molecular weight excluding hydrogens is 402 g/mol. The fraction of sp³-hybridized carbons (Fsp3) is 0.185. The molecule has 0 N–H and O–H groups in total. The first-order chi connectivity index (χ1) is 14.8. The van der Waals surface area contributed by atoms with E-state index in [1.807, 2.05) is 43.3 Å². The van der Waals surface area contributed by atoms with E-state index < -0.39 is 10.0 Å². The third-order valence-electron chi connectivity index (χ3n) is 6.33. The first-order valence-electron chi connectivity index (χ1n) is 10.5. The summed E-state index contributed by atoms with van der Waals surface area (Å²) in [5.41, 5.74) is 9.72. The van der Waals surface area contributed by atoms with Gasteiger partial charge in [-0.05, 0) is 68.2 Å². The van der Waals surface area contributed by atoms with Crippen LogP contribution in [0.2, 0.25) is 0 Å². The van der Waals surface area contributed by atoms with Crippen LogP contribution in [0.3, 0.4) is 0 Å². The topological polar surface area (TPSA) is 39.1 Å². The van der Waals surface area contributed by atoms with E-state index in [4.69, 9.17) is 0 Å². The van der Waals surface area contributed by atoms with Crippen LogP contribution in [0.4, 0.5) is 0 Å². The quantitative estimate of drug-likeness (QED) is 0.391. The maximum absolute atomic E-state index is 13.8. The summed E-state index contributed by atoms with van der Waals surface area (Å²) in [5, 5.41) is 0.989. The molecule has 1 aliphatic rings. The Labute approximate surface area is 183 Å². The second kappa shape index (κ2) is 6.96. The van der Waals surface area contributed by atoms with Crippen LogP contribution in [0.25, 0.3) is 16.5 Å². The fourth-order valence-electron chi connectivity index (χ4n) is 4.89. The normalized spacial score (nSPS) is 13.8. The fourth-order valence-corrected chi connectivity index (χ4v) is 6.45. The number of para-hydroxylation sites is 1. The lowest BCUT2D eigenvalue weighted by molar-refractivity contribution is 0.587. The van der Waals surface area contributed by atoms with E-state index in [0.717, 1.165) is 27.7 Å². The number of fused-ring (bicyclic) bond motifs is 3. The molecule has 0 saturated carbocycles.